The van der Waals surface area contributed by atoms with Gasteiger partial charge >= 0.3 is 0 Å². The highest BCUT2D eigenvalue weighted by Gasteiger charge is 2.17. The van der Waals surface area contributed by atoms with Gasteiger partial charge in [-0.25, -0.2) is 0 Å². The molecule has 0 spiro atoms. The predicted octanol–water partition coefficient (Wildman–Crippen LogP) is 3.40. The normalized spacial score (nSPS) is 18.3. The Hall–Kier alpha value is -2.30. The van der Waals surface area contributed by atoms with E-state index in [0.717, 1.165) is 18.8 Å². The number of hydrogen-bond acceptors (Lipinski definition) is 4. The molecule has 1 aliphatic rings. The van der Waals surface area contributed by atoms with Gasteiger partial charge in [-0.2, -0.15) is 10.5 Å². The molecular formula is C17H20N4. The quantitative estimate of drug-likeness (QED) is 0.858. The molecule has 0 aromatic heterocycles. The van der Waals surface area contributed by atoms with Crippen molar-refractivity contribution in [3.8, 4) is 12.1 Å². The average molecular weight is 280 g/mol. The summed E-state index contributed by atoms with van der Waals surface area (Å²) in [4.78, 5) is 2.51. The molecule has 2 rings (SSSR count). The minimum Gasteiger partial charge on any atom is -0.360 e. The number of piperidine rings is 1. The zero-order chi connectivity index (χ0) is 15.1. The molecule has 1 aromatic carbocycles. The van der Waals surface area contributed by atoms with Crippen LogP contribution in [0.3, 0.4) is 0 Å². The van der Waals surface area contributed by atoms with Gasteiger partial charge in [-0.3, -0.25) is 4.90 Å². The summed E-state index contributed by atoms with van der Waals surface area (Å²) in [5, 5.41) is 20.4. The number of rotatable bonds is 4. The topological polar surface area (TPSA) is 62.9 Å². The van der Waals surface area contributed by atoms with Crippen LogP contribution in [0, 0.1) is 22.7 Å². The van der Waals surface area contributed by atoms with Gasteiger partial charge in [0.05, 0.1) is 0 Å². The van der Waals surface area contributed by atoms with Gasteiger partial charge in [-0.1, -0.05) is 18.6 Å². The van der Waals surface area contributed by atoms with E-state index in [9.17, 15) is 0 Å². The lowest BCUT2D eigenvalue weighted by molar-refractivity contribution is 0.152. The van der Waals surface area contributed by atoms with E-state index in [4.69, 9.17) is 10.5 Å². The molecular weight excluding hydrogens is 260 g/mol. The van der Waals surface area contributed by atoms with Crippen LogP contribution in [0.1, 0.15) is 31.7 Å². The van der Waals surface area contributed by atoms with Crippen molar-refractivity contribution in [2.75, 3.05) is 11.9 Å². The van der Waals surface area contributed by atoms with Crippen LogP contribution in [0.5, 0.6) is 0 Å². The first kappa shape index (κ1) is 15.1. The van der Waals surface area contributed by atoms with Crippen molar-refractivity contribution >= 4 is 5.69 Å². The number of anilines is 1. The minimum atomic E-state index is 0.0741. The Bertz CT molecular complexity index is 576. The second-order valence-electron chi connectivity index (χ2n) is 5.44. The fourth-order valence-electron chi connectivity index (χ4n) is 2.63. The number of nitrogens with one attached hydrogen (secondary N) is 1. The summed E-state index contributed by atoms with van der Waals surface area (Å²) < 4.78 is 0. The Morgan fingerprint density at radius 2 is 2.19 bits per heavy atom. The summed E-state index contributed by atoms with van der Waals surface area (Å²) in [6, 6.07) is 12.4. The third-order valence-electron chi connectivity index (χ3n) is 3.88. The van der Waals surface area contributed by atoms with E-state index < -0.39 is 0 Å². The Morgan fingerprint density at radius 1 is 1.38 bits per heavy atom. The lowest BCUT2D eigenvalue weighted by Gasteiger charge is -2.33. The summed E-state index contributed by atoms with van der Waals surface area (Å²) in [7, 11) is 0. The van der Waals surface area contributed by atoms with Gasteiger partial charge in [0.15, 0.2) is 0 Å². The smallest absolute Gasteiger partial charge is 0.145 e. The molecule has 1 aromatic rings. The third-order valence-corrected chi connectivity index (χ3v) is 3.88. The van der Waals surface area contributed by atoms with Gasteiger partial charge in [0, 0.05) is 24.5 Å². The van der Waals surface area contributed by atoms with E-state index in [1.165, 1.54) is 31.0 Å². The first-order valence-electron chi connectivity index (χ1n) is 7.33. The highest BCUT2D eigenvalue weighted by Crippen LogP contribution is 2.20. The van der Waals surface area contributed by atoms with Crippen LogP contribution in [-0.4, -0.2) is 17.5 Å². The second-order valence-corrected chi connectivity index (χ2v) is 5.44. The standard InChI is InChI=1S/C17H20N4/c1-14-5-2-3-8-21(14)13-15-6-4-7-17(9-15)20-12-16(10-18)11-19/h4,6-7,9,12,14,20H,2-3,5,8,13H2,1H3. The van der Waals surface area contributed by atoms with Crippen LogP contribution in [0.2, 0.25) is 0 Å². The van der Waals surface area contributed by atoms with Crippen LogP contribution < -0.4 is 5.32 Å². The van der Waals surface area contributed by atoms with Gasteiger partial charge in [0.2, 0.25) is 0 Å². The molecule has 0 bridgehead atoms. The van der Waals surface area contributed by atoms with Crippen LogP contribution in [0.15, 0.2) is 36.0 Å². The molecule has 1 saturated heterocycles. The maximum absolute atomic E-state index is 8.72. The molecule has 4 nitrogen and oxygen atoms in total. The highest BCUT2D eigenvalue weighted by atomic mass is 15.2. The minimum absolute atomic E-state index is 0.0741. The second kappa shape index (κ2) is 7.47. The van der Waals surface area contributed by atoms with Crippen molar-refractivity contribution < 1.29 is 0 Å². The molecule has 1 heterocycles. The van der Waals surface area contributed by atoms with E-state index in [2.05, 4.69) is 29.3 Å². The zero-order valence-electron chi connectivity index (χ0n) is 12.3. The monoisotopic (exact) mass is 280 g/mol. The van der Waals surface area contributed by atoms with Crippen molar-refractivity contribution in [3.63, 3.8) is 0 Å². The number of likely N-dealkylation sites (tertiary alicyclic amines) is 1. The third kappa shape index (κ3) is 4.34. The molecule has 1 unspecified atom stereocenters. The maximum atomic E-state index is 8.72. The van der Waals surface area contributed by atoms with E-state index in [1.54, 1.807) is 0 Å². The fourth-order valence-corrected chi connectivity index (χ4v) is 2.63. The molecule has 108 valence electrons. The summed E-state index contributed by atoms with van der Waals surface area (Å²) in [5.41, 5.74) is 2.22. The van der Waals surface area contributed by atoms with Gasteiger partial charge in [0.1, 0.15) is 17.7 Å². The largest absolute Gasteiger partial charge is 0.360 e. The van der Waals surface area contributed by atoms with Gasteiger partial charge in [-0.05, 0) is 44.0 Å². The predicted molar refractivity (Wildman–Crippen MR) is 83.1 cm³/mol. The summed E-state index contributed by atoms with van der Waals surface area (Å²) in [6.45, 7) is 4.39. The average Bonchev–Trinajstić information content (AvgIpc) is 2.51. The molecule has 0 saturated carbocycles. The van der Waals surface area contributed by atoms with Crippen molar-refractivity contribution in [2.45, 2.75) is 38.8 Å². The Morgan fingerprint density at radius 3 is 2.90 bits per heavy atom. The highest BCUT2D eigenvalue weighted by molar-refractivity contribution is 5.50. The van der Waals surface area contributed by atoms with Crippen molar-refractivity contribution in [2.24, 2.45) is 0 Å². The van der Waals surface area contributed by atoms with Crippen molar-refractivity contribution in [1.82, 2.24) is 4.90 Å². The fraction of sp³-hybridized carbons (Fsp3) is 0.412. The summed E-state index contributed by atoms with van der Waals surface area (Å²) >= 11 is 0. The van der Waals surface area contributed by atoms with Crippen LogP contribution in [0.4, 0.5) is 5.69 Å². The van der Waals surface area contributed by atoms with E-state index >= 15 is 0 Å². The van der Waals surface area contributed by atoms with Crippen LogP contribution in [0.25, 0.3) is 0 Å². The molecule has 0 amide bonds. The lowest BCUT2D eigenvalue weighted by atomic mass is 10.0. The molecule has 21 heavy (non-hydrogen) atoms. The first-order chi connectivity index (χ1) is 10.2. The number of benzene rings is 1. The molecule has 0 aliphatic carbocycles. The zero-order valence-corrected chi connectivity index (χ0v) is 12.3. The Balaban J connectivity index is 2.03. The van der Waals surface area contributed by atoms with Crippen LogP contribution >= 0.6 is 0 Å². The number of nitriles is 2. The lowest BCUT2D eigenvalue weighted by Crippen LogP contribution is -2.36. The molecule has 1 fully saturated rings. The van der Waals surface area contributed by atoms with E-state index in [-0.39, 0.29) is 5.57 Å². The molecule has 1 aliphatic heterocycles. The van der Waals surface area contributed by atoms with Crippen molar-refractivity contribution in [1.29, 1.82) is 10.5 Å². The number of nitrogens with zero attached hydrogens (tertiary/aromatic N) is 3. The Kier molecular flexibility index (Phi) is 5.37. The number of hydrogen-bond donors (Lipinski definition) is 1. The van der Waals surface area contributed by atoms with Gasteiger partial charge in [-0.15, -0.1) is 0 Å². The SMILES string of the molecule is CC1CCCCN1Cc1cccc(NC=C(C#N)C#N)c1. The first-order valence-corrected chi connectivity index (χ1v) is 7.33. The molecule has 4 heteroatoms. The molecule has 1 atom stereocenters. The maximum Gasteiger partial charge on any atom is 0.145 e. The van der Waals surface area contributed by atoms with E-state index in [0.29, 0.717) is 6.04 Å². The molecule has 1 N–H and O–H groups in total. The summed E-state index contributed by atoms with van der Waals surface area (Å²) in [6.07, 6.45) is 5.32. The Labute approximate surface area is 126 Å². The van der Waals surface area contributed by atoms with Gasteiger partial charge < -0.3 is 5.32 Å². The van der Waals surface area contributed by atoms with Crippen molar-refractivity contribution in [3.05, 3.63) is 41.6 Å². The summed E-state index contributed by atoms with van der Waals surface area (Å²) in [5.74, 6) is 0. The van der Waals surface area contributed by atoms with E-state index in [1.807, 2.05) is 24.3 Å². The number of allylic oxidation sites excluding steroid dienone is 1. The van der Waals surface area contributed by atoms with Gasteiger partial charge in [0.25, 0.3) is 0 Å². The molecule has 0 radical (unpaired) electrons. The van der Waals surface area contributed by atoms with Crippen LogP contribution in [-0.2, 0) is 6.54 Å².